The number of fused-ring (bicyclic) bond motifs is 3. The van der Waals surface area contributed by atoms with Crippen LogP contribution in [-0.4, -0.2) is 75.0 Å². The molecule has 2 aromatic carbocycles. The molecule has 0 amide bonds. The van der Waals surface area contributed by atoms with E-state index in [9.17, 15) is 34.8 Å². The first-order valence-corrected chi connectivity index (χ1v) is 12.2. The van der Waals surface area contributed by atoms with Crippen molar-refractivity contribution in [2.45, 2.75) is 69.4 Å². The van der Waals surface area contributed by atoms with Gasteiger partial charge in [-0.15, -0.1) is 0 Å². The maximum Gasteiger partial charge on any atom is 1.00 e. The number of phenols is 2. The molecule has 2 aromatic rings. The second-order valence-corrected chi connectivity index (χ2v) is 10.1. The van der Waals surface area contributed by atoms with Crippen molar-refractivity contribution in [3.8, 4) is 17.2 Å². The second kappa shape index (κ2) is 10.6. The van der Waals surface area contributed by atoms with Gasteiger partial charge in [0.1, 0.15) is 22.8 Å². The Labute approximate surface area is 247 Å². The molecule has 3 aliphatic rings. The van der Waals surface area contributed by atoms with Crippen LogP contribution in [0.1, 0.15) is 77.2 Å². The van der Waals surface area contributed by atoms with E-state index in [0.717, 1.165) is 0 Å². The molecule has 0 bridgehead atoms. The zero-order chi connectivity index (χ0) is 27.7. The summed E-state index contributed by atoms with van der Waals surface area (Å²) in [5.74, 6) is -3.18. The number of aromatic hydroxyl groups is 2. The average molecular weight is 552 g/mol. The SMILES string of the molecule is COc1cccc2c1C(=O)c1c(O)c3c(c(O)c1C2=O)C[C@@](O)(C(C)=O)C[C@@H]3OC1CC(N)C(O)C(C)O1.[H-].[Na+]. The van der Waals surface area contributed by atoms with E-state index < -0.39 is 82.6 Å². The smallest absolute Gasteiger partial charge is 1.00 e. The second-order valence-electron chi connectivity index (χ2n) is 10.1. The Kier molecular flexibility index (Phi) is 8.03. The van der Waals surface area contributed by atoms with Crippen LogP contribution in [0.5, 0.6) is 17.2 Å². The summed E-state index contributed by atoms with van der Waals surface area (Å²) in [6, 6.07) is 3.75. The summed E-state index contributed by atoms with van der Waals surface area (Å²) in [5, 5.41) is 44.1. The van der Waals surface area contributed by atoms with E-state index in [-0.39, 0.29) is 71.8 Å². The maximum absolute atomic E-state index is 13.6. The normalized spacial score (nSPS) is 29.5. The number of ketones is 3. The van der Waals surface area contributed by atoms with Gasteiger partial charge >= 0.3 is 29.6 Å². The molecular formula is C27H30NNaO10. The van der Waals surface area contributed by atoms with Crippen LogP contribution in [0.15, 0.2) is 18.2 Å². The van der Waals surface area contributed by atoms with Crippen molar-refractivity contribution >= 4 is 17.3 Å². The van der Waals surface area contributed by atoms with Gasteiger partial charge in [-0.1, -0.05) is 12.1 Å². The van der Waals surface area contributed by atoms with Gasteiger partial charge in [-0.3, -0.25) is 14.4 Å². The van der Waals surface area contributed by atoms with Crippen molar-refractivity contribution in [2.24, 2.45) is 5.73 Å². The van der Waals surface area contributed by atoms with Crippen LogP contribution in [0, 0.1) is 0 Å². The molecule has 5 rings (SSSR count). The number of hydrogen-bond donors (Lipinski definition) is 5. The first kappa shape index (κ1) is 29.6. The van der Waals surface area contributed by atoms with E-state index in [1.807, 2.05) is 0 Å². The Balaban J connectivity index is 0.00000220. The van der Waals surface area contributed by atoms with Crippen molar-refractivity contribution < 1.29 is 80.0 Å². The van der Waals surface area contributed by atoms with E-state index in [0.29, 0.717) is 0 Å². The molecule has 1 fully saturated rings. The fourth-order valence-electron chi connectivity index (χ4n) is 5.66. The first-order valence-electron chi connectivity index (χ1n) is 12.2. The molecule has 0 aromatic heterocycles. The third-order valence-electron chi connectivity index (χ3n) is 7.80. The molecule has 11 nitrogen and oxygen atoms in total. The number of aliphatic hydroxyl groups excluding tert-OH is 1. The van der Waals surface area contributed by atoms with Crippen LogP contribution in [0.2, 0.25) is 0 Å². The van der Waals surface area contributed by atoms with Crippen LogP contribution < -0.4 is 40.0 Å². The van der Waals surface area contributed by atoms with Gasteiger partial charge in [0.2, 0.25) is 5.78 Å². The van der Waals surface area contributed by atoms with Crippen molar-refractivity contribution in [2.75, 3.05) is 7.11 Å². The molecule has 0 radical (unpaired) electrons. The van der Waals surface area contributed by atoms with Gasteiger partial charge in [-0.05, 0) is 19.9 Å². The topological polar surface area (TPSA) is 186 Å². The molecule has 39 heavy (non-hydrogen) atoms. The Morgan fingerprint density at radius 2 is 1.82 bits per heavy atom. The van der Waals surface area contributed by atoms with Crippen LogP contribution >= 0.6 is 0 Å². The molecule has 4 unspecified atom stereocenters. The third-order valence-corrected chi connectivity index (χ3v) is 7.80. The van der Waals surface area contributed by atoms with Crippen molar-refractivity contribution in [1.29, 1.82) is 0 Å². The number of phenolic OH excluding ortho intramolecular Hbond substituents is 2. The van der Waals surface area contributed by atoms with Gasteiger partial charge in [0.05, 0.1) is 42.1 Å². The van der Waals surface area contributed by atoms with Crippen molar-refractivity contribution in [3.05, 3.63) is 51.6 Å². The zero-order valence-electron chi connectivity index (χ0n) is 23.1. The van der Waals surface area contributed by atoms with E-state index in [1.165, 1.54) is 32.2 Å². The number of nitrogens with two attached hydrogens (primary N) is 1. The van der Waals surface area contributed by atoms with Gasteiger partial charge in [-0.2, -0.15) is 0 Å². The molecule has 6 N–H and O–H groups in total. The summed E-state index contributed by atoms with van der Waals surface area (Å²) < 4.78 is 17.1. The number of aliphatic hydroxyl groups is 2. The molecule has 12 heteroatoms. The molecule has 0 saturated carbocycles. The molecule has 1 aliphatic heterocycles. The monoisotopic (exact) mass is 551 g/mol. The van der Waals surface area contributed by atoms with Gasteiger partial charge in [0.25, 0.3) is 0 Å². The molecule has 204 valence electrons. The third kappa shape index (κ3) is 4.60. The zero-order valence-corrected chi connectivity index (χ0v) is 24.1. The van der Waals surface area contributed by atoms with Crippen LogP contribution in [0.3, 0.4) is 0 Å². The Hall–Kier alpha value is -2.35. The van der Waals surface area contributed by atoms with Gasteiger partial charge in [0.15, 0.2) is 17.9 Å². The minimum atomic E-state index is -2.00. The minimum Gasteiger partial charge on any atom is -1.00 e. The Morgan fingerprint density at radius 1 is 1.15 bits per heavy atom. The summed E-state index contributed by atoms with van der Waals surface area (Å²) in [7, 11) is 1.34. The predicted molar refractivity (Wildman–Crippen MR) is 131 cm³/mol. The van der Waals surface area contributed by atoms with Crippen LogP contribution in [0.4, 0.5) is 0 Å². The molecule has 6 atom stereocenters. The fraction of sp³-hybridized carbons (Fsp3) is 0.444. The van der Waals surface area contributed by atoms with E-state index in [2.05, 4.69) is 0 Å². The number of carbonyl (C=O) groups excluding carboxylic acids is 3. The van der Waals surface area contributed by atoms with E-state index in [4.69, 9.17) is 19.9 Å². The fourth-order valence-corrected chi connectivity index (χ4v) is 5.66. The van der Waals surface area contributed by atoms with Crippen LogP contribution in [0.25, 0.3) is 0 Å². The van der Waals surface area contributed by atoms with Gasteiger partial charge in [-0.25, -0.2) is 0 Å². The number of hydrogen-bond acceptors (Lipinski definition) is 11. The van der Waals surface area contributed by atoms with Crippen molar-refractivity contribution in [3.63, 3.8) is 0 Å². The van der Waals surface area contributed by atoms with Gasteiger partial charge < -0.3 is 41.8 Å². The number of ether oxygens (including phenoxy) is 3. The summed E-state index contributed by atoms with van der Waals surface area (Å²) in [4.78, 5) is 39.6. The minimum absolute atomic E-state index is 0. The molecule has 1 heterocycles. The summed E-state index contributed by atoms with van der Waals surface area (Å²) in [6.45, 7) is 2.79. The first-order chi connectivity index (χ1) is 17.9. The Bertz CT molecular complexity index is 1370. The van der Waals surface area contributed by atoms with Gasteiger partial charge in [0, 0.05) is 42.0 Å². The Morgan fingerprint density at radius 3 is 2.44 bits per heavy atom. The summed E-state index contributed by atoms with van der Waals surface area (Å²) in [5.41, 5.74) is 2.97. The number of Topliss-reactive ketones (excluding diaryl/α,β-unsaturated/α-hetero) is 1. The number of benzene rings is 2. The predicted octanol–water partition coefficient (Wildman–Crippen LogP) is -1.85. The maximum atomic E-state index is 13.6. The summed E-state index contributed by atoms with van der Waals surface area (Å²) in [6.07, 6.45) is -4.53. The van der Waals surface area contributed by atoms with E-state index in [1.54, 1.807) is 6.92 Å². The largest absolute Gasteiger partial charge is 1.00 e. The average Bonchev–Trinajstić information content (AvgIpc) is 2.87. The number of methoxy groups -OCH3 is 1. The van der Waals surface area contributed by atoms with Crippen molar-refractivity contribution in [1.82, 2.24) is 0 Å². The standard InChI is InChI=1S/C27H29NO10.Na.H/c1-10-22(30)14(28)7-17(37-10)38-16-9-27(35,11(2)29)8-13-19(16)26(34)21-20(24(13)32)23(31)12-5-4-6-15(36-3)18(12)25(21)33;;/h4-6,10,14,16-17,22,30,32,34-35H,7-9,28H2,1-3H3;;/q;+1;-1/t10?,14?,16-,17?,22?,27-;;/m0../s1. The number of rotatable bonds is 4. The molecule has 0 spiro atoms. The summed E-state index contributed by atoms with van der Waals surface area (Å²) >= 11 is 0. The molecule has 2 aliphatic carbocycles. The molecular weight excluding hydrogens is 521 g/mol. The molecule has 1 saturated heterocycles. The van der Waals surface area contributed by atoms with Crippen LogP contribution in [-0.2, 0) is 20.7 Å². The number of carbonyl (C=O) groups is 3. The quantitative estimate of drug-likeness (QED) is 0.181. The van der Waals surface area contributed by atoms with E-state index >= 15 is 0 Å².